The Morgan fingerprint density at radius 2 is 2.05 bits per heavy atom. The molecule has 0 aliphatic heterocycles. The Morgan fingerprint density at radius 1 is 1.32 bits per heavy atom. The molecular formula is C15H25N3O. The molecule has 0 bridgehead atoms. The maximum atomic E-state index is 8.75. The zero-order valence-electron chi connectivity index (χ0n) is 11.9. The molecule has 0 saturated heterocycles. The van der Waals surface area contributed by atoms with Gasteiger partial charge in [0.05, 0.1) is 0 Å². The summed E-state index contributed by atoms with van der Waals surface area (Å²) in [7, 11) is 0. The fourth-order valence-electron chi connectivity index (χ4n) is 2.00. The zero-order chi connectivity index (χ0) is 14.1. The molecule has 0 unspecified atom stereocenters. The summed E-state index contributed by atoms with van der Waals surface area (Å²) in [5.41, 5.74) is 7.50. The average Bonchev–Trinajstić information content (AvgIpc) is 2.42. The van der Waals surface area contributed by atoms with E-state index in [0.29, 0.717) is 0 Å². The van der Waals surface area contributed by atoms with Crippen LogP contribution in [0.2, 0.25) is 0 Å². The van der Waals surface area contributed by atoms with Crippen molar-refractivity contribution >= 4 is 5.84 Å². The van der Waals surface area contributed by atoms with E-state index in [-0.39, 0.29) is 5.84 Å². The van der Waals surface area contributed by atoms with Crippen molar-refractivity contribution in [1.82, 2.24) is 5.32 Å². The highest BCUT2D eigenvalue weighted by molar-refractivity contribution is 5.98. The van der Waals surface area contributed by atoms with Gasteiger partial charge in [-0.2, -0.15) is 0 Å². The lowest BCUT2D eigenvalue weighted by Gasteiger charge is -2.10. The number of nitrogens with two attached hydrogens (primary N) is 1. The van der Waals surface area contributed by atoms with Gasteiger partial charge in [-0.15, -0.1) is 0 Å². The van der Waals surface area contributed by atoms with Crippen LogP contribution in [0.3, 0.4) is 0 Å². The molecule has 0 fully saturated rings. The van der Waals surface area contributed by atoms with Crippen molar-refractivity contribution in [3.63, 3.8) is 0 Å². The van der Waals surface area contributed by atoms with Gasteiger partial charge in [0.1, 0.15) is 0 Å². The molecule has 0 radical (unpaired) electrons. The van der Waals surface area contributed by atoms with E-state index in [1.807, 2.05) is 24.3 Å². The van der Waals surface area contributed by atoms with Crippen LogP contribution in [0.4, 0.5) is 0 Å². The van der Waals surface area contributed by atoms with E-state index in [1.165, 1.54) is 19.3 Å². The predicted octanol–water partition coefficient (Wildman–Crippen LogP) is 2.70. The van der Waals surface area contributed by atoms with Gasteiger partial charge >= 0.3 is 0 Å². The molecule has 1 aromatic carbocycles. The van der Waals surface area contributed by atoms with Gasteiger partial charge in [0.2, 0.25) is 0 Å². The van der Waals surface area contributed by atoms with Crippen molar-refractivity contribution in [1.29, 1.82) is 0 Å². The van der Waals surface area contributed by atoms with Crippen LogP contribution < -0.4 is 11.1 Å². The quantitative estimate of drug-likeness (QED) is 0.222. The Balaban J connectivity index is 2.37. The summed E-state index contributed by atoms with van der Waals surface area (Å²) in [6.07, 6.45) is 3.72. The van der Waals surface area contributed by atoms with Crippen molar-refractivity contribution in [2.24, 2.45) is 16.8 Å². The summed E-state index contributed by atoms with van der Waals surface area (Å²) in [6.45, 7) is 6.24. The minimum atomic E-state index is 0.164. The molecule has 4 N–H and O–H groups in total. The van der Waals surface area contributed by atoms with Crippen molar-refractivity contribution in [2.75, 3.05) is 6.54 Å². The maximum Gasteiger partial charge on any atom is 0.170 e. The van der Waals surface area contributed by atoms with E-state index in [4.69, 9.17) is 10.9 Å². The molecule has 0 atom stereocenters. The minimum Gasteiger partial charge on any atom is -0.409 e. The average molecular weight is 263 g/mol. The number of oxime groups is 1. The summed E-state index contributed by atoms with van der Waals surface area (Å²) in [5, 5.41) is 15.2. The fraction of sp³-hybridized carbons (Fsp3) is 0.533. The van der Waals surface area contributed by atoms with E-state index >= 15 is 0 Å². The van der Waals surface area contributed by atoms with Crippen LogP contribution in [0.15, 0.2) is 29.4 Å². The number of nitrogens with zero attached hydrogens (tertiary/aromatic N) is 1. The second-order valence-corrected chi connectivity index (χ2v) is 5.21. The highest BCUT2D eigenvalue weighted by atomic mass is 16.4. The molecule has 1 rings (SSSR count). The molecule has 0 saturated carbocycles. The fourth-order valence-corrected chi connectivity index (χ4v) is 2.00. The number of nitrogens with one attached hydrogen (secondary N) is 1. The lowest BCUT2D eigenvalue weighted by Crippen LogP contribution is -2.20. The monoisotopic (exact) mass is 263 g/mol. The van der Waals surface area contributed by atoms with E-state index in [1.54, 1.807) is 0 Å². The largest absolute Gasteiger partial charge is 0.409 e. The van der Waals surface area contributed by atoms with Gasteiger partial charge in [-0.05, 0) is 24.4 Å². The lowest BCUT2D eigenvalue weighted by atomic mass is 10.1. The van der Waals surface area contributed by atoms with E-state index in [0.717, 1.165) is 30.1 Å². The Bertz CT molecular complexity index is 402. The maximum absolute atomic E-state index is 8.75. The van der Waals surface area contributed by atoms with Crippen LogP contribution in [0.25, 0.3) is 0 Å². The summed E-state index contributed by atoms with van der Waals surface area (Å²) >= 11 is 0. The topological polar surface area (TPSA) is 70.6 Å². The smallest absolute Gasteiger partial charge is 0.170 e. The van der Waals surface area contributed by atoms with Gasteiger partial charge in [-0.25, -0.2) is 0 Å². The van der Waals surface area contributed by atoms with Crippen molar-refractivity contribution in [3.8, 4) is 0 Å². The molecule has 1 aromatic rings. The Morgan fingerprint density at radius 3 is 2.74 bits per heavy atom. The molecule has 0 aliphatic rings. The van der Waals surface area contributed by atoms with Crippen molar-refractivity contribution in [2.45, 2.75) is 39.7 Å². The molecule has 0 heterocycles. The number of hydrogen-bond acceptors (Lipinski definition) is 3. The third-order valence-corrected chi connectivity index (χ3v) is 3.10. The summed E-state index contributed by atoms with van der Waals surface area (Å²) in [6, 6.07) is 7.71. The number of benzene rings is 1. The van der Waals surface area contributed by atoms with Crippen LogP contribution in [-0.2, 0) is 6.54 Å². The zero-order valence-corrected chi connectivity index (χ0v) is 11.9. The molecular weight excluding hydrogens is 238 g/mol. The number of rotatable bonds is 8. The van der Waals surface area contributed by atoms with Crippen LogP contribution in [0.5, 0.6) is 0 Å². The third-order valence-electron chi connectivity index (χ3n) is 3.10. The minimum absolute atomic E-state index is 0.164. The van der Waals surface area contributed by atoms with Gasteiger partial charge in [-0.1, -0.05) is 56.1 Å². The normalized spacial score (nSPS) is 12.1. The first-order valence-corrected chi connectivity index (χ1v) is 6.91. The number of hydrogen-bond donors (Lipinski definition) is 3. The molecule has 0 aliphatic carbocycles. The Labute approximate surface area is 115 Å². The standard InChI is InChI=1S/C15H25N3O/c1-12(2)7-5-6-10-17-11-13-8-3-4-9-14(13)15(16)18-19/h3-4,8-9,12,17,19H,5-7,10-11H2,1-2H3,(H2,16,18). The van der Waals surface area contributed by atoms with Crippen molar-refractivity contribution < 1.29 is 5.21 Å². The van der Waals surface area contributed by atoms with Crippen LogP contribution in [-0.4, -0.2) is 17.6 Å². The van der Waals surface area contributed by atoms with Crippen molar-refractivity contribution in [3.05, 3.63) is 35.4 Å². The molecule has 106 valence electrons. The molecule has 0 spiro atoms. The van der Waals surface area contributed by atoms with Gasteiger partial charge in [0.25, 0.3) is 0 Å². The first-order valence-electron chi connectivity index (χ1n) is 6.91. The van der Waals surface area contributed by atoms with Crippen LogP contribution in [0, 0.1) is 5.92 Å². The summed E-state index contributed by atoms with van der Waals surface area (Å²) < 4.78 is 0. The molecule has 4 heteroatoms. The van der Waals surface area contributed by atoms with Gasteiger partial charge < -0.3 is 16.3 Å². The highest BCUT2D eigenvalue weighted by Crippen LogP contribution is 2.09. The molecule has 4 nitrogen and oxygen atoms in total. The summed E-state index contributed by atoms with van der Waals surface area (Å²) in [5.74, 6) is 0.943. The van der Waals surface area contributed by atoms with Crippen LogP contribution >= 0.6 is 0 Å². The highest BCUT2D eigenvalue weighted by Gasteiger charge is 2.05. The Hall–Kier alpha value is -1.55. The van der Waals surface area contributed by atoms with E-state index in [9.17, 15) is 0 Å². The molecule has 0 amide bonds. The first-order chi connectivity index (χ1) is 9.15. The first kappa shape index (κ1) is 15.5. The lowest BCUT2D eigenvalue weighted by molar-refractivity contribution is 0.318. The summed E-state index contributed by atoms with van der Waals surface area (Å²) in [4.78, 5) is 0. The van der Waals surface area contributed by atoms with E-state index < -0.39 is 0 Å². The number of unbranched alkanes of at least 4 members (excludes halogenated alkanes) is 1. The predicted molar refractivity (Wildman–Crippen MR) is 79.3 cm³/mol. The van der Waals surface area contributed by atoms with Gasteiger partial charge in [0, 0.05) is 12.1 Å². The molecule has 19 heavy (non-hydrogen) atoms. The van der Waals surface area contributed by atoms with E-state index in [2.05, 4.69) is 24.3 Å². The second-order valence-electron chi connectivity index (χ2n) is 5.21. The van der Waals surface area contributed by atoms with Gasteiger partial charge in [0.15, 0.2) is 5.84 Å². The van der Waals surface area contributed by atoms with Gasteiger partial charge in [-0.3, -0.25) is 0 Å². The Kier molecular flexibility index (Phi) is 6.97. The second kappa shape index (κ2) is 8.53. The molecule has 0 aromatic heterocycles. The van der Waals surface area contributed by atoms with Crippen LogP contribution in [0.1, 0.15) is 44.2 Å². The SMILES string of the molecule is CC(C)CCCCNCc1ccccc1/C(N)=N/O. The third kappa shape index (κ3) is 5.75. The number of amidine groups is 1.